The lowest BCUT2D eigenvalue weighted by Gasteiger charge is -2.22. The third kappa shape index (κ3) is 3.40. The molecule has 0 unspecified atom stereocenters. The van der Waals surface area contributed by atoms with E-state index < -0.39 is 0 Å². The highest BCUT2D eigenvalue weighted by molar-refractivity contribution is 5.98. The molecule has 1 fully saturated rings. The molecular weight excluding hydrogens is 284 g/mol. The number of aromatic nitrogens is 1. The van der Waals surface area contributed by atoms with Crippen LogP contribution in [0.5, 0.6) is 0 Å². The fourth-order valence-electron chi connectivity index (χ4n) is 3.69. The van der Waals surface area contributed by atoms with Crippen LogP contribution < -0.4 is 4.90 Å². The van der Waals surface area contributed by atoms with Crippen LogP contribution in [-0.4, -0.2) is 30.0 Å². The quantitative estimate of drug-likeness (QED) is 0.863. The number of likely N-dealkylation sites (tertiary alicyclic amines) is 1. The SMILES string of the molecule is Cc1ccc(-n2c(C)cc(C(=O)C[NH+]3CCCCC3)c2C)cc1. The molecule has 3 nitrogen and oxygen atoms in total. The first-order valence-electron chi connectivity index (χ1n) is 8.69. The number of quaternary nitrogens is 1. The van der Waals surface area contributed by atoms with Gasteiger partial charge in [0.1, 0.15) is 6.54 Å². The lowest BCUT2D eigenvalue weighted by molar-refractivity contribution is -0.896. The van der Waals surface area contributed by atoms with Gasteiger partial charge >= 0.3 is 0 Å². The second-order valence-corrected chi connectivity index (χ2v) is 6.87. The van der Waals surface area contributed by atoms with Crippen LogP contribution in [-0.2, 0) is 0 Å². The van der Waals surface area contributed by atoms with Gasteiger partial charge in [-0.3, -0.25) is 4.79 Å². The van der Waals surface area contributed by atoms with Gasteiger partial charge in [0.05, 0.1) is 13.1 Å². The van der Waals surface area contributed by atoms with Crippen molar-refractivity contribution in [2.75, 3.05) is 19.6 Å². The summed E-state index contributed by atoms with van der Waals surface area (Å²) in [6.07, 6.45) is 3.83. The molecule has 23 heavy (non-hydrogen) atoms. The van der Waals surface area contributed by atoms with E-state index in [1.54, 1.807) is 0 Å². The van der Waals surface area contributed by atoms with Crippen molar-refractivity contribution in [3.63, 3.8) is 0 Å². The van der Waals surface area contributed by atoms with Crippen LogP contribution in [0.1, 0.15) is 46.6 Å². The van der Waals surface area contributed by atoms with E-state index in [2.05, 4.69) is 55.7 Å². The highest BCUT2D eigenvalue weighted by Crippen LogP contribution is 2.21. The summed E-state index contributed by atoms with van der Waals surface area (Å²) in [5.41, 5.74) is 5.47. The lowest BCUT2D eigenvalue weighted by Crippen LogP contribution is -3.13. The first kappa shape index (κ1) is 16.0. The molecule has 0 atom stereocenters. The van der Waals surface area contributed by atoms with Crippen molar-refractivity contribution in [3.05, 3.63) is 52.8 Å². The molecule has 0 amide bonds. The minimum Gasteiger partial charge on any atom is -0.328 e. The van der Waals surface area contributed by atoms with Gasteiger partial charge in [-0.1, -0.05) is 17.7 Å². The zero-order chi connectivity index (χ0) is 16.4. The van der Waals surface area contributed by atoms with Gasteiger partial charge < -0.3 is 9.47 Å². The third-order valence-electron chi connectivity index (χ3n) is 4.99. The molecule has 2 aromatic rings. The van der Waals surface area contributed by atoms with Gasteiger partial charge in [-0.2, -0.15) is 0 Å². The Hall–Kier alpha value is -1.87. The summed E-state index contributed by atoms with van der Waals surface area (Å²) in [5.74, 6) is 0.286. The highest BCUT2D eigenvalue weighted by Gasteiger charge is 2.22. The van der Waals surface area contributed by atoms with Gasteiger partial charge in [-0.25, -0.2) is 0 Å². The molecule has 1 aliphatic rings. The molecule has 0 bridgehead atoms. The number of rotatable bonds is 4. The maximum Gasteiger partial charge on any atom is 0.218 e. The van der Waals surface area contributed by atoms with Gasteiger partial charge in [0, 0.05) is 22.6 Å². The van der Waals surface area contributed by atoms with E-state index in [4.69, 9.17) is 0 Å². The predicted molar refractivity (Wildman–Crippen MR) is 93.7 cm³/mol. The van der Waals surface area contributed by atoms with Gasteiger partial charge in [-0.15, -0.1) is 0 Å². The number of carbonyl (C=O) groups excluding carboxylic acids is 1. The van der Waals surface area contributed by atoms with Gasteiger partial charge in [-0.05, 0) is 58.2 Å². The largest absolute Gasteiger partial charge is 0.328 e. The fourth-order valence-corrected chi connectivity index (χ4v) is 3.69. The van der Waals surface area contributed by atoms with E-state index in [9.17, 15) is 4.79 Å². The Bertz CT molecular complexity index is 691. The van der Waals surface area contributed by atoms with Crippen molar-refractivity contribution in [1.82, 2.24) is 4.57 Å². The van der Waals surface area contributed by atoms with E-state index in [1.165, 1.54) is 29.7 Å². The standard InChI is InChI=1S/C20H26N2O/c1-15-7-9-18(10-8-15)22-16(2)13-19(17(22)3)20(23)14-21-11-5-4-6-12-21/h7-10,13H,4-6,11-12,14H2,1-3H3/p+1. The van der Waals surface area contributed by atoms with Gasteiger partial charge in [0.2, 0.25) is 5.78 Å². The summed E-state index contributed by atoms with van der Waals surface area (Å²) in [4.78, 5) is 14.2. The number of carbonyl (C=O) groups is 1. The molecule has 1 aliphatic heterocycles. The van der Waals surface area contributed by atoms with Gasteiger partial charge in [0.15, 0.2) is 0 Å². The molecule has 0 radical (unpaired) electrons. The number of piperidine rings is 1. The molecule has 3 rings (SSSR count). The van der Waals surface area contributed by atoms with E-state index in [0.29, 0.717) is 6.54 Å². The summed E-state index contributed by atoms with van der Waals surface area (Å²) in [6.45, 7) is 9.15. The Balaban J connectivity index is 1.85. The number of hydrogen-bond donors (Lipinski definition) is 1. The minimum atomic E-state index is 0.286. The Morgan fingerprint density at radius 3 is 2.35 bits per heavy atom. The molecule has 2 heterocycles. The van der Waals surface area contributed by atoms with Crippen LogP contribution in [0.25, 0.3) is 5.69 Å². The number of aryl methyl sites for hydroxylation is 2. The molecule has 1 aromatic heterocycles. The summed E-state index contributed by atoms with van der Waals surface area (Å²) in [6, 6.07) is 10.5. The van der Waals surface area contributed by atoms with Crippen LogP contribution in [0.2, 0.25) is 0 Å². The molecule has 0 spiro atoms. The number of Topliss-reactive ketones (excluding diaryl/α,β-unsaturated/α-hetero) is 1. The Kier molecular flexibility index (Phi) is 4.67. The second-order valence-electron chi connectivity index (χ2n) is 6.87. The molecular formula is C20H27N2O+. The van der Waals surface area contributed by atoms with E-state index in [-0.39, 0.29) is 5.78 Å². The van der Waals surface area contributed by atoms with Crippen LogP contribution in [0, 0.1) is 20.8 Å². The first-order chi connectivity index (χ1) is 11.1. The normalized spacial score (nSPS) is 15.8. The Morgan fingerprint density at radius 2 is 1.70 bits per heavy atom. The van der Waals surface area contributed by atoms with Crippen molar-refractivity contribution in [2.24, 2.45) is 0 Å². The number of hydrogen-bond acceptors (Lipinski definition) is 1. The molecule has 122 valence electrons. The zero-order valence-electron chi connectivity index (χ0n) is 14.5. The average Bonchev–Trinajstić information content (AvgIpc) is 2.84. The number of ketones is 1. The summed E-state index contributed by atoms with van der Waals surface area (Å²) < 4.78 is 2.19. The van der Waals surface area contributed by atoms with Crippen LogP contribution in [0.15, 0.2) is 30.3 Å². The molecule has 1 saturated heterocycles. The molecule has 0 saturated carbocycles. The monoisotopic (exact) mass is 311 g/mol. The van der Waals surface area contributed by atoms with Crippen LogP contribution in [0.4, 0.5) is 0 Å². The highest BCUT2D eigenvalue weighted by atomic mass is 16.1. The van der Waals surface area contributed by atoms with Crippen molar-refractivity contribution in [3.8, 4) is 5.69 Å². The van der Waals surface area contributed by atoms with Crippen molar-refractivity contribution >= 4 is 5.78 Å². The maximum absolute atomic E-state index is 12.8. The number of nitrogens with one attached hydrogen (secondary N) is 1. The smallest absolute Gasteiger partial charge is 0.218 e. The number of nitrogens with zero attached hydrogens (tertiary/aromatic N) is 1. The van der Waals surface area contributed by atoms with Crippen LogP contribution in [0.3, 0.4) is 0 Å². The topological polar surface area (TPSA) is 26.4 Å². The van der Waals surface area contributed by atoms with E-state index >= 15 is 0 Å². The van der Waals surface area contributed by atoms with E-state index in [1.807, 2.05) is 0 Å². The average molecular weight is 311 g/mol. The molecule has 1 aromatic carbocycles. The maximum atomic E-state index is 12.8. The molecule has 0 aliphatic carbocycles. The second kappa shape index (κ2) is 6.71. The fraction of sp³-hybridized carbons (Fsp3) is 0.450. The first-order valence-corrected chi connectivity index (χ1v) is 8.69. The Morgan fingerprint density at radius 1 is 1.04 bits per heavy atom. The predicted octanol–water partition coefficient (Wildman–Crippen LogP) is 2.65. The number of benzene rings is 1. The molecule has 3 heteroatoms. The van der Waals surface area contributed by atoms with Gasteiger partial charge in [0.25, 0.3) is 0 Å². The summed E-state index contributed by atoms with van der Waals surface area (Å²) in [5, 5.41) is 0. The summed E-state index contributed by atoms with van der Waals surface area (Å²) in [7, 11) is 0. The van der Waals surface area contributed by atoms with Crippen molar-refractivity contribution < 1.29 is 9.69 Å². The van der Waals surface area contributed by atoms with Crippen LogP contribution >= 0.6 is 0 Å². The lowest BCUT2D eigenvalue weighted by atomic mass is 10.1. The minimum absolute atomic E-state index is 0.286. The van der Waals surface area contributed by atoms with E-state index in [0.717, 1.165) is 35.7 Å². The third-order valence-corrected chi connectivity index (χ3v) is 4.99. The van der Waals surface area contributed by atoms with Crippen molar-refractivity contribution in [1.29, 1.82) is 0 Å². The molecule has 1 N–H and O–H groups in total. The summed E-state index contributed by atoms with van der Waals surface area (Å²) >= 11 is 0. The zero-order valence-corrected chi connectivity index (χ0v) is 14.5. The Labute approximate surface area is 138 Å². The van der Waals surface area contributed by atoms with Crippen molar-refractivity contribution in [2.45, 2.75) is 40.0 Å².